The summed E-state index contributed by atoms with van der Waals surface area (Å²) < 4.78 is 6.04. The van der Waals surface area contributed by atoms with Crippen molar-refractivity contribution in [3.05, 3.63) is 0 Å². The van der Waals surface area contributed by atoms with E-state index >= 15 is 0 Å². The molecule has 0 aliphatic heterocycles. The molecule has 0 radical (unpaired) electrons. The Bertz CT molecular complexity index is 349. The van der Waals surface area contributed by atoms with Crippen LogP contribution in [0.3, 0.4) is 0 Å². The van der Waals surface area contributed by atoms with Crippen LogP contribution in [-0.2, 0) is 9.53 Å². The van der Waals surface area contributed by atoms with Crippen LogP contribution in [0.2, 0.25) is 0 Å². The molecule has 4 aliphatic rings. The van der Waals surface area contributed by atoms with Gasteiger partial charge in [-0.1, -0.05) is 0 Å². The van der Waals surface area contributed by atoms with Gasteiger partial charge in [0, 0.05) is 6.92 Å². The van der Waals surface area contributed by atoms with Gasteiger partial charge in [-0.15, -0.1) is 0 Å². The standard InChI is InChI=1S/C17H29NO2/c1-12(19)20-17(5-4-6-18(2)3)15-8-13-7-14(10-15)11-16(17)9-13/h13-16H,4-11H2,1-3H3. The number of esters is 1. The molecule has 114 valence electrons. The van der Waals surface area contributed by atoms with Gasteiger partial charge in [-0.2, -0.15) is 0 Å². The maximum absolute atomic E-state index is 11.7. The number of rotatable bonds is 5. The van der Waals surface area contributed by atoms with E-state index in [9.17, 15) is 4.79 Å². The van der Waals surface area contributed by atoms with Crippen LogP contribution in [0, 0.1) is 23.7 Å². The minimum absolute atomic E-state index is 0.0673. The molecule has 20 heavy (non-hydrogen) atoms. The molecule has 3 heteroatoms. The van der Waals surface area contributed by atoms with Gasteiger partial charge in [0.05, 0.1) is 0 Å². The normalized spacial score (nSPS) is 42.2. The number of carbonyl (C=O) groups excluding carboxylic acids is 1. The number of hydrogen-bond acceptors (Lipinski definition) is 3. The SMILES string of the molecule is CC(=O)OC1(CCCN(C)C)C2CC3CC(C2)CC1C3. The minimum Gasteiger partial charge on any atom is -0.459 e. The molecule has 0 spiro atoms. The quantitative estimate of drug-likeness (QED) is 0.724. The predicted octanol–water partition coefficient (Wildman–Crippen LogP) is 3.09. The highest BCUT2D eigenvalue weighted by molar-refractivity contribution is 5.66. The van der Waals surface area contributed by atoms with Crippen molar-refractivity contribution in [3.8, 4) is 0 Å². The van der Waals surface area contributed by atoms with Crippen LogP contribution in [0.25, 0.3) is 0 Å². The second-order valence-electron chi connectivity index (χ2n) is 7.76. The molecule has 0 aromatic heterocycles. The van der Waals surface area contributed by atoms with E-state index in [1.54, 1.807) is 6.92 Å². The number of hydrogen-bond donors (Lipinski definition) is 0. The molecule has 0 aromatic rings. The molecule has 4 fully saturated rings. The largest absolute Gasteiger partial charge is 0.459 e. The Kier molecular flexibility index (Phi) is 3.83. The van der Waals surface area contributed by atoms with Crippen molar-refractivity contribution in [1.82, 2.24) is 4.90 Å². The molecule has 0 aromatic carbocycles. The average molecular weight is 279 g/mol. The second-order valence-corrected chi connectivity index (χ2v) is 7.76. The van der Waals surface area contributed by atoms with Gasteiger partial charge in [-0.25, -0.2) is 0 Å². The van der Waals surface area contributed by atoms with Crippen LogP contribution in [0.15, 0.2) is 0 Å². The fourth-order valence-corrected chi connectivity index (χ4v) is 5.55. The Balaban J connectivity index is 1.77. The smallest absolute Gasteiger partial charge is 0.303 e. The molecule has 4 rings (SSSR count). The molecule has 4 aliphatic carbocycles. The van der Waals surface area contributed by atoms with E-state index < -0.39 is 0 Å². The first kappa shape index (κ1) is 14.4. The minimum atomic E-state index is -0.116. The fraction of sp³-hybridized carbons (Fsp3) is 0.941. The summed E-state index contributed by atoms with van der Waals surface area (Å²) >= 11 is 0. The lowest BCUT2D eigenvalue weighted by atomic mass is 9.49. The van der Waals surface area contributed by atoms with Crippen molar-refractivity contribution in [2.24, 2.45) is 23.7 Å². The highest BCUT2D eigenvalue weighted by Gasteiger charge is 2.58. The summed E-state index contributed by atoms with van der Waals surface area (Å²) in [4.78, 5) is 13.9. The Labute approximate surface area is 123 Å². The third kappa shape index (κ3) is 2.49. The zero-order valence-corrected chi connectivity index (χ0v) is 13.2. The van der Waals surface area contributed by atoms with Gasteiger partial charge in [-0.3, -0.25) is 4.79 Å². The third-order valence-electron chi connectivity index (χ3n) is 6.03. The van der Waals surface area contributed by atoms with E-state index in [1.807, 2.05) is 0 Å². The van der Waals surface area contributed by atoms with Crippen molar-refractivity contribution in [2.45, 2.75) is 57.5 Å². The van der Waals surface area contributed by atoms with Crippen LogP contribution >= 0.6 is 0 Å². The van der Waals surface area contributed by atoms with Gasteiger partial charge in [0.1, 0.15) is 5.60 Å². The van der Waals surface area contributed by atoms with Crippen LogP contribution in [-0.4, -0.2) is 37.1 Å². The molecule has 0 amide bonds. The van der Waals surface area contributed by atoms with Crippen molar-refractivity contribution >= 4 is 5.97 Å². The Morgan fingerprint density at radius 2 is 1.65 bits per heavy atom. The maximum Gasteiger partial charge on any atom is 0.303 e. The molecular formula is C17H29NO2. The van der Waals surface area contributed by atoms with E-state index in [0.717, 1.165) is 31.2 Å². The van der Waals surface area contributed by atoms with E-state index in [2.05, 4.69) is 19.0 Å². The molecular weight excluding hydrogens is 250 g/mol. The van der Waals surface area contributed by atoms with Gasteiger partial charge in [-0.05, 0) is 89.3 Å². The van der Waals surface area contributed by atoms with E-state index in [4.69, 9.17) is 4.74 Å². The van der Waals surface area contributed by atoms with Gasteiger partial charge in [0.25, 0.3) is 0 Å². The van der Waals surface area contributed by atoms with Crippen molar-refractivity contribution in [2.75, 3.05) is 20.6 Å². The van der Waals surface area contributed by atoms with E-state index in [1.165, 1.54) is 32.1 Å². The zero-order chi connectivity index (χ0) is 14.3. The predicted molar refractivity (Wildman–Crippen MR) is 79.3 cm³/mol. The lowest BCUT2D eigenvalue weighted by molar-refractivity contribution is -0.210. The highest BCUT2D eigenvalue weighted by Crippen LogP contribution is 2.60. The summed E-state index contributed by atoms with van der Waals surface area (Å²) in [6.45, 7) is 2.69. The lowest BCUT2D eigenvalue weighted by Crippen LogP contribution is -2.59. The van der Waals surface area contributed by atoms with Crippen LogP contribution < -0.4 is 0 Å². The molecule has 0 N–H and O–H groups in total. The highest BCUT2D eigenvalue weighted by atomic mass is 16.6. The van der Waals surface area contributed by atoms with Crippen LogP contribution in [0.4, 0.5) is 0 Å². The summed E-state index contributed by atoms with van der Waals surface area (Å²) in [6, 6.07) is 0. The van der Waals surface area contributed by atoms with E-state index in [-0.39, 0.29) is 11.6 Å². The third-order valence-corrected chi connectivity index (χ3v) is 6.03. The first-order valence-electron chi connectivity index (χ1n) is 8.34. The average Bonchev–Trinajstić information content (AvgIpc) is 2.33. The second kappa shape index (κ2) is 5.32. The topological polar surface area (TPSA) is 29.5 Å². The van der Waals surface area contributed by atoms with Gasteiger partial charge >= 0.3 is 5.97 Å². The monoisotopic (exact) mass is 279 g/mol. The number of ether oxygens (including phenoxy) is 1. The van der Waals surface area contributed by atoms with Gasteiger partial charge in [0.2, 0.25) is 0 Å². The molecule has 4 saturated carbocycles. The van der Waals surface area contributed by atoms with Crippen molar-refractivity contribution in [1.29, 1.82) is 0 Å². The summed E-state index contributed by atoms with van der Waals surface area (Å²) in [5.74, 6) is 3.07. The summed E-state index contributed by atoms with van der Waals surface area (Å²) in [7, 11) is 4.24. The van der Waals surface area contributed by atoms with Crippen molar-refractivity contribution < 1.29 is 9.53 Å². The number of nitrogens with zero attached hydrogens (tertiary/aromatic N) is 1. The maximum atomic E-state index is 11.7. The van der Waals surface area contributed by atoms with Crippen molar-refractivity contribution in [3.63, 3.8) is 0 Å². The molecule has 0 unspecified atom stereocenters. The zero-order valence-electron chi connectivity index (χ0n) is 13.2. The number of carbonyl (C=O) groups is 1. The van der Waals surface area contributed by atoms with Gasteiger partial charge < -0.3 is 9.64 Å². The van der Waals surface area contributed by atoms with Gasteiger partial charge in [0.15, 0.2) is 0 Å². The molecule has 3 nitrogen and oxygen atoms in total. The van der Waals surface area contributed by atoms with E-state index in [0.29, 0.717) is 11.8 Å². The molecule has 0 heterocycles. The first-order chi connectivity index (χ1) is 9.49. The Hall–Kier alpha value is -0.570. The Morgan fingerprint density at radius 1 is 1.10 bits per heavy atom. The Morgan fingerprint density at radius 3 is 2.10 bits per heavy atom. The van der Waals surface area contributed by atoms with Crippen LogP contribution in [0.5, 0.6) is 0 Å². The summed E-state index contributed by atoms with van der Waals surface area (Å²) in [5, 5.41) is 0. The summed E-state index contributed by atoms with van der Waals surface area (Å²) in [5.41, 5.74) is -0.116. The van der Waals surface area contributed by atoms with Crippen LogP contribution in [0.1, 0.15) is 51.9 Å². The fourth-order valence-electron chi connectivity index (χ4n) is 5.55. The molecule has 0 saturated heterocycles. The molecule has 4 bridgehead atoms. The summed E-state index contributed by atoms with van der Waals surface area (Å²) in [6.07, 6.45) is 8.89. The lowest BCUT2D eigenvalue weighted by Gasteiger charge is -2.60. The first-order valence-corrected chi connectivity index (χ1v) is 8.34. The molecule has 0 atom stereocenters.